The van der Waals surface area contributed by atoms with Crippen LogP contribution in [-0.2, 0) is 39.7 Å². The molecule has 83 heavy (non-hydrogen) atoms. The Morgan fingerprint density at radius 2 is 0.988 bits per heavy atom. The molecule has 6 atom stereocenters. The minimum Gasteiger partial charge on any atom is -0.477 e. The van der Waals surface area contributed by atoms with Crippen molar-refractivity contribution in [3.05, 3.63) is 161 Å². The average Bonchev–Trinajstić information content (AvgIpc) is 3.04. The number of halogens is 4. The van der Waals surface area contributed by atoms with Gasteiger partial charge in [-0.1, -0.05) is 123 Å². The van der Waals surface area contributed by atoms with Gasteiger partial charge < -0.3 is 44.4 Å². The average molecular weight is 1250 g/mol. The van der Waals surface area contributed by atoms with Crippen LogP contribution in [0.4, 0.5) is 0 Å². The number of amides is 3. The lowest BCUT2D eigenvalue weighted by atomic mass is 9.81. The first-order valence-electron chi connectivity index (χ1n) is 28.4. The van der Waals surface area contributed by atoms with Crippen molar-refractivity contribution in [1.29, 1.82) is 0 Å². The van der Waals surface area contributed by atoms with Gasteiger partial charge in [0.1, 0.15) is 26.9 Å². The number of carbonyl (C=O) groups is 4. The molecule has 2 N–H and O–H groups in total. The number of thioether (sulfide) groups is 2. The van der Waals surface area contributed by atoms with E-state index in [-0.39, 0.29) is 47.7 Å². The van der Waals surface area contributed by atoms with E-state index in [2.05, 4.69) is 42.8 Å². The van der Waals surface area contributed by atoms with Gasteiger partial charge in [-0.2, -0.15) is 0 Å². The second-order valence-electron chi connectivity index (χ2n) is 22.7. The van der Waals surface area contributed by atoms with Crippen molar-refractivity contribution in [2.24, 2.45) is 21.8 Å². The Hall–Kier alpha value is -5.08. The summed E-state index contributed by atoms with van der Waals surface area (Å²) in [6, 6.07) is 30.4. The highest BCUT2D eigenvalue weighted by Crippen LogP contribution is 2.58. The highest BCUT2D eigenvalue weighted by molar-refractivity contribution is 8.18. The summed E-state index contributed by atoms with van der Waals surface area (Å²) < 4.78 is 10.6. The lowest BCUT2D eigenvalue weighted by Crippen LogP contribution is -2.51. The number of benzene rings is 4. The summed E-state index contributed by atoms with van der Waals surface area (Å²) in [6.07, 6.45) is 3.62. The number of nitrogens with zero attached hydrogens (tertiary/aromatic N) is 7. The Labute approximate surface area is 514 Å². The molecular weight excluding hydrogens is 1170 g/mol. The molecule has 440 valence electrons. The summed E-state index contributed by atoms with van der Waals surface area (Å²) in [4.78, 5) is 72.7. The minimum atomic E-state index is -0.918. The van der Waals surface area contributed by atoms with E-state index in [1.807, 2.05) is 121 Å². The first kappa shape index (κ1) is 61.0. The number of allylic oxidation sites excluding steroid dienone is 2. The predicted molar refractivity (Wildman–Crippen MR) is 332 cm³/mol. The molecular formula is C62H70Cl4N8O7S2. The van der Waals surface area contributed by atoms with Crippen molar-refractivity contribution in [3.8, 4) is 0 Å². The van der Waals surface area contributed by atoms with Crippen LogP contribution in [0.25, 0.3) is 0 Å². The summed E-state index contributed by atoms with van der Waals surface area (Å²) in [5.74, 6) is -0.625. The first-order valence-corrected chi connectivity index (χ1v) is 31.6. The third-order valence-corrected chi connectivity index (χ3v) is 19.7. The molecule has 4 fully saturated rings. The van der Waals surface area contributed by atoms with Gasteiger partial charge in [0.05, 0.1) is 44.6 Å². The maximum atomic E-state index is 14.3. The second-order valence-corrected chi connectivity index (χ2v) is 26.4. The van der Waals surface area contributed by atoms with Gasteiger partial charge in [0.2, 0.25) is 11.8 Å². The fourth-order valence-electron chi connectivity index (χ4n) is 12.4. The lowest BCUT2D eigenvalue weighted by Gasteiger charge is -2.37. The van der Waals surface area contributed by atoms with Crippen LogP contribution in [0.15, 0.2) is 128 Å². The molecule has 8 aliphatic heterocycles. The molecule has 0 unspecified atom stereocenters. The van der Waals surface area contributed by atoms with Gasteiger partial charge in [0, 0.05) is 64.2 Å². The summed E-state index contributed by atoms with van der Waals surface area (Å²) in [5.41, 5.74) is 4.64. The largest absolute Gasteiger partial charge is 0.477 e. The molecule has 4 aromatic carbocycles. The maximum absolute atomic E-state index is 14.3. The van der Waals surface area contributed by atoms with Crippen LogP contribution in [0.3, 0.4) is 0 Å². The van der Waals surface area contributed by atoms with Crippen molar-refractivity contribution in [1.82, 2.24) is 29.8 Å². The highest BCUT2D eigenvalue weighted by atomic mass is 35.5. The lowest BCUT2D eigenvalue weighted by molar-refractivity contribution is -0.144. The molecule has 0 saturated carbocycles. The number of fused-ring (bicyclic) bond motifs is 2. The summed E-state index contributed by atoms with van der Waals surface area (Å²) in [6.45, 7) is 19.2. The standard InChI is InChI=1S/C31H34Cl2N4O3S.C22H20Cl2N2O2S.C9H16N2O2/c1-19(2)25-26(29(39)36-14-4-5-24(36)28(38)35-15-17-40-18-16-35)41-30-34-31(3,21-8-12-23(33)13-9-21)27(37(25)30)20-6-10-22(32)11-7-20;1-12(2)17-18(20(27)28)29-21-25-22(3,14-6-10-16(24)11-7-14)19(26(17)21)13-4-8-15(23)9-5-13;12-9(8-2-1-3-10-8)11-4-6-13-7-5-11/h6-13,19,24,27H,4-5,14-18H2,1-3H3;4-12,19H,1-3H3,(H,27,28);8,10H,1-7H2/t24-,27+,31-;19-,22+;8-/m010/s1. The fourth-order valence-corrected chi connectivity index (χ4v) is 15.5. The number of carbonyl (C=O) groups excluding carboxylic acids is 3. The molecule has 12 rings (SSSR count). The topological polar surface area (TPSA) is 160 Å². The molecule has 3 amide bonds. The number of hydrogen-bond donors (Lipinski definition) is 2. The zero-order valence-electron chi connectivity index (χ0n) is 47.5. The number of aliphatic carboxylic acids is 1. The third kappa shape index (κ3) is 12.5. The van der Waals surface area contributed by atoms with E-state index in [0.29, 0.717) is 87.6 Å². The van der Waals surface area contributed by atoms with E-state index < -0.39 is 23.1 Å². The fraction of sp³-hybridized carbons (Fsp3) is 0.452. The SMILES string of the molecule is CC(C)C1=C(C(=O)N2CCC[C@H]2C(=O)N2CCOCC2)SC2=N[C@@](C)(c3ccc(Cl)cc3)[C@@H](c3ccc(Cl)cc3)N21.CC(C)C1=C(C(=O)O)SC2=N[C@@](C)(c3ccc(Cl)cc3)[C@@H](c3ccc(Cl)cc3)N21.O=C([C@@H]1CCCN1)N1CCOCC1. The number of amidine groups is 2. The number of rotatable bonds is 10. The van der Waals surface area contributed by atoms with E-state index >= 15 is 0 Å². The second kappa shape index (κ2) is 25.9. The number of aliphatic imine (C=N–C) groups is 2. The van der Waals surface area contributed by atoms with Crippen molar-refractivity contribution in [2.75, 3.05) is 65.7 Å². The van der Waals surface area contributed by atoms with Crippen LogP contribution in [0.5, 0.6) is 0 Å². The molecule has 4 saturated heterocycles. The van der Waals surface area contributed by atoms with Gasteiger partial charge in [0.25, 0.3) is 5.91 Å². The normalized spacial score (nSPS) is 25.8. The van der Waals surface area contributed by atoms with Crippen molar-refractivity contribution >= 4 is 104 Å². The van der Waals surface area contributed by atoms with Gasteiger partial charge in [-0.05, 0) is 152 Å². The predicted octanol–water partition coefficient (Wildman–Crippen LogP) is 12.0. The van der Waals surface area contributed by atoms with Crippen LogP contribution in [-0.4, -0.2) is 141 Å². The first-order chi connectivity index (χ1) is 39.8. The molecule has 0 aromatic heterocycles. The minimum absolute atomic E-state index is 0.0287. The van der Waals surface area contributed by atoms with E-state index in [1.54, 1.807) is 4.90 Å². The van der Waals surface area contributed by atoms with Gasteiger partial charge in [-0.15, -0.1) is 0 Å². The van der Waals surface area contributed by atoms with E-state index in [0.717, 1.165) is 77.7 Å². The number of morpholine rings is 2. The van der Waals surface area contributed by atoms with Gasteiger partial charge in [-0.25, -0.2) is 14.8 Å². The molecule has 0 radical (unpaired) electrons. The van der Waals surface area contributed by atoms with Gasteiger partial charge >= 0.3 is 5.97 Å². The van der Waals surface area contributed by atoms with Crippen LogP contribution in [0.2, 0.25) is 20.1 Å². The van der Waals surface area contributed by atoms with E-state index in [4.69, 9.17) is 65.9 Å². The zero-order chi connectivity index (χ0) is 58.9. The summed E-state index contributed by atoms with van der Waals surface area (Å²) in [7, 11) is 0. The number of carboxylic acid groups (broad SMARTS) is 1. The van der Waals surface area contributed by atoms with Crippen molar-refractivity contribution < 1.29 is 33.8 Å². The Morgan fingerprint density at radius 1 is 0.578 bits per heavy atom. The Balaban J connectivity index is 0.000000158. The molecule has 8 heterocycles. The van der Waals surface area contributed by atoms with Crippen molar-refractivity contribution in [2.45, 2.75) is 102 Å². The van der Waals surface area contributed by atoms with Crippen molar-refractivity contribution in [3.63, 3.8) is 0 Å². The zero-order valence-corrected chi connectivity index (χ0v) is 52.1. The molecule has 4 aromatic rings. The van der Waals surface area contributed by atoms with Crippen LogP contribution in [0.1, 0.15) is 102 Å². The number of ether oxygens (including phenoxy) is 2. The van der Waals surface area contributed by atoms with E-state index in [1.165, 1.54) is 23.5 Å². The monoisotopic (exact) mass is 1240 g/mol. The summed E-state index contributed by atoms with van der Waals surface area (Å²) in [5, 5.41) is 17.1. The number of nitrogens with one attached hydrogen (secondary N) is 1. The number of likely N-dealkylation sites (tertiary alicyclic amines) is 1. The Morgan fingerprint density at radius 3 is 1.40 bits per heavy atom. The van der Waals surface area contributed by atoms with Crippen LogP contribution < -0.4 is 5.32 Å². The van der Waals surface area contributed by atoms with Gasteiger partial charge in [0.15, 0.2) is 10.3 Å². The summed E-state index contributed by atoms with van der Waals surface area (Å²) >= 11 is 27.4. The quantitative estimate of drug-likeness (QED) is 0.155. The Kier molecular flexibility index (Phi) is 19.0. The van der Waals surface area contributed by atoms with Crippen LogP contribution in [0, 0.1) is 11.8 Å². The molecule has 0 bridgehead atoms. The molecule has 8 aliphatic rings. The van der Waals surface area contributed by atoms with E-state index in [9.17, 15) is 24.3 Å². The molecule has 0 aliphatic carbocycles. The molecule has 21 heteroatoms. The number of hydrogen-bond acceptors (Lipinski definition) is 13. The smallest absolute Gasteiger partial charge is 0.344 e. The highest BCUT2D eigenvalue weighted by Gasteiger charge is 2.55. The van der Waals surface area contributed by atoms with Gasteiger partial charge in [-0.3, -0.25) is 14.4 Å². The third-order valence-electron chi connectivity index (χ3n) is 16.5. The number of carboxylic acids is 1. The van der Waals surface area contributed by atoms with Crippen LogP contribution >= 0.6 is 69.9 Å². The molecule has 0 spiro atoms. The maximum Gasteiger partial charge on any atom is 0.344 e. The Bertz CT molecular complexity index is 3200. The molecule has 15 nitrogen and oxygen atoms in total.